The van der Waals surface area contributed by atoms with Gasteiger partial charge in [0.1, 0.15) is 17.5 Å². The molecule has 0 bridgehead atoms. The molecule has 0 radical (unpaired) electrons. The van der Waals surface area contributed by atoms with Gasteiger partial charge in [-0.05, 0) is 43.5 Å². The van der Waals surface area contributed by atoms with E-state index in [9.17, 15) is 9.59 Å². The first kappa shape index (κ1) is 16.1. The molecule has 2 rings (SSSR count). The third-order valence-electron chi connectivity index (χ3n) is 3.40. The fourth-order valence-corrected chi connectivity index (χ4v) is 2.09. The van der Waals surface area contributed by atoms with E-state index in [0.717, 1.165) is 18.6 Å². The zero-order valence-corrected chi connectivity index (χ0v) is 12.6. The van der Waals surface area contributed by atoms with E-state index in [1.807, 2.05) is 6.92 Å². The van der Waals surface area contributed by atoms with Crippen molar-refractivity contribution in [3.63, 3.8) is 0 Å². The molecular weight excluding hydrogens is 286 g/mol. The third kappa shape index (κ3) is 5.27. The number of carbonyl (C=O) groups is 2. The van der Waals surface area contributed by atoms with Crippen molar-refractivity contribution in [2.75, 3.05) is 13.2 Å². The highest BCUT2D eigenvalue weighted by Crippen LogP contribution is 2.33. The fourth-order valence-electron chi connectivity index (χ4n) is 2.09. The van der Waals surface area contributed by atoms with Crippen LogP contribution in [-0.2, 0) is 9.59 Å². The molecule has 0 aromatic heterocycles. The molecule has 1 aromatic rings. The van der Waals surface area contributed by atoms with Gasteiger partial charge in [0, 0.05) is 0 Å². The van der Waals surface area contributed by atoms with Crippen molar-refractivity contribution >= 4 is 11.9 Å². The second kappa shape index (κ2) is 7.68. The number of rotatable bonds is 9. The maximum atomic E-state index is 11.8. The van der Waals surface area contributed by atoms with Crippen LogP contribution < -0.4 is 14.8 Å². The largest absolute Gasteiger partial charge is 0.494 e. The Bertz CT molecular complexity index is 510. The molecule has 1 aliphatic carbocycles. The number of amides is 1. The number of nitrogens with one attached hydrogen (secondary N) is 1. The van der Waals surface area contributed by atoms with Crippen LogP contribution in [-0.4, -0.2) is 36.2 Å². The summed E-state index contributed by atoms with van der Waals surface area (Å²) >= 11 is 0. The van der Waals surface area contributed by atoms with Crippen molar-refractivity contribution in [2.45, 2.75) is 32.2 Å². The predicted octanol–water partition coefficient (Wildman–Crippen LogP) is 1.83. The van der Waals surface area contributed by atoms with E-state index >= 15 is 0 Å². The first-order valence-electron chi connectivity index (χ1n) is 7.46. The van der Waals surface area contributed by atoms with Crippen LogP contribution in [0.5, 0.6) is 11.5 Å². The van der Waals surface area contributed by atoms with Crippen molar-refractivity contribution in [1.29, 1.82) is 0 Å². The number of hydrogen-bond donors (Lipinski definition) is 2. The molecule has 1 saturated carbocycles. The first-order valence-corrected chi connectivity index (χ1v) is 7.46. The van der Waals surface area contributed by atoms with E-state index in [1.54, 1.807) is 24.3 Å². The molecule has 120 valence electrons. The number of benzene rings is 1. The number of carboxylic acids is 1. The lowest BCUT2D eigenvalue weighted by molar-refractivity contribution is -0.142. The fraction of sp³-hybridized carbons (Fsp3) is 0.500. The minimum absolute atomic E-state index is 0.206. The summed E-state index contributed by atoms with van der Waals surface area (Å²) in [6.45, 7) is 2.28. The van der Waals surface area contributed by atoms with Gasteiger partial charge in [0.25, 0.3) is 5.91 Å². The van der Waals surface area contributed by atoms with Crippen molar-refractivity contribution in [3.05, 3.63) is 24.3 Å². The maximum absolute atomic E-state index is 11.8. The lowest BCUT2D eigenvalue weighted by atomic mass is 10.1. The highest BCUT2D eigenvalue weighted by Gasteiger charge is 2.30. The molecule has 1 amide bonds. The summed E-state index contributed by atoms with van der Waals surface area (Å²) in [5.74, 6) is 0.263. The molecule has 1 unspecified atom stereocenters. The number of ether oxygens (including phenoxy) is 2. The van der Waals surface area contributed by atoms with Gasteiger partial charge in [-0.2, -0.15) is 0 Å². The summed E-state index contributed by atoms with van der Waals surface area (Å²) < 4.78 is 10.6. The Hall–Kier alpha value is -2.24. The summed E-state index contributed by atoms with van der Waals surface area (Å²) in [7, 11) is 0. The second-order valence-corrected chi connectivity index (χ2v) is 5.33. The Morgan fingerprint density at radius 3 is 2.32 bits per heavy atom. The molecule has 1 fully saturated rings. The number of hydrogen-bond acceptors (Lipinski definition) is 4. The number of carboxylic acid groups (broad SMARTS) is 1. The topological polar surface area (TPSA) is 84.9 Å². The molecule has 1 atom stereocenters. The van der Waals surface area contributed by atoms with Gasteiger partial charge in [0.15, 0.2) is 6.61 Å². The average Bonchev–Trinajstić information content (AvgIpc) is 3.30. The second-order valence-electron chi connectivity index (χ2n) is 5.33. The minimum atomic E-state index is -0.999. The smallest absolute Gasteiger partial charge is 0.326 e. The van der Waals surface area contributed by atoms with E-state index < -0.39 is 17.9 Å². The van der Waals surface area contributed by atoms with E-state index in [2.05, 4.69) is 5.32 Å². The monoisotopic (exact) mass is 307 g/mol. The van der Waals surface area contributed by atoms with Crippen LogP contribution >= 0.6 is 0 Å². The Balaban J connectivity index is 1.77. The molecule has 6 nitrogen and oxygen atoms in total. The van der Waals surface area contributed by atoms with Crippen LogP contribution in [0, 0.1) is 5.92 Å². The lowest BCUT2D eigenvalue weighted by Crippen LogP contribution is -2.43. The van der Waals surface area contributed by atoms with Gasteiger partial charge in [0.05, 0.1) is 6.61 Å². The molecule has 1 aliphatic rings. The maximum Gasteiger partial charge on any atom is 0.326 e. The molecule has 0 aliphatic heterocycles. The van der Waals surface area contributed by atoms with Gasteiger partial charge in [0.2, 0.25) is 0 Å². The van der Waals surface area contributed by atoms with Gasteiger partial charge in [-0.1, -0.05) is 12.8 Å². The zero-order valence-electron chi connectivity index (χ0n) is 12.6. The Morgan fingerprint density at radius 1 is 1.23 bits per heavy atom. The highest BCUT2D eigenvalue weighted by atomic mass is 16.5. The molecule has 6 heteroatoms. The standard InChI is InChI=1S/C16H21NO5/c1-2-21-12-5-7-13(8-6-12)22-10-15(18)17-14(16(19)20)9-11-3-4-11/h5-8,11,14H,2-4,9-10H2,1H3,(H,17,18)(H,19,20). The summed E-state index contributed by atoms with van der Waals surface area (Å²) in [5, 5.41) is 11.6. The van der Waals surface area contributed by atoms with Crippen molar-refractivity contribution < 1.29 is 24.2 Å². The van der Waals surface area contributed by atoms with Crippen molar-refractivity contribution in [1.82, 2.24) is 5.32 Å². The lowest BCUT2D eigenvalue weighted by Gasteiger charge is -2.14. The van der Waals surface area contributed by atoms with Gasteiger partial charge in [-0.3, -0.25) is 4.79 Å². The molecule has 0 heterocycles. The Morgan fingerprint density at radius 2 is 1.82 bits per heavy atom. The van der Waals surface area contributed by atoms with Gasteiger partial charge in [-0.25, -0.2) is 4.79 Å². The van der Waals surface area contributed by atoms with Crippen LogP contribution in [0.3, 0.4) is 0 Å². The van der Waals surface area contributed by atoms with E-state index in [1.165, 1.54) is 0 Å². The molecular formula is C16H21NO5. The average molecular weight is 307 g/mol. The SMILES string of the molecule is CCOc1ccc(OCC(=O)NC(CC2CC2)C(=O)O)cc1. The van der Waals surface area contributed by atoms with Crippen LogP contribution in [0.25, 0.3) is 0 Å². The van der Waals surface area contributed by atoms with E-state index in [0.29, 0.717) is 24.7 Å². The minimum Gasteiger partial charge on any atom is -0.494 e. The van der Waals surface area contributed by atoms with Gasteiger partial charge < -0.3 is 19.9 Å². The quantitative estimate of drug-likeness (QED) is 0.727. The molecule has 0 saturated heterocycles. The van der Waals surface area contributed by atoms with Crippen molar-refractivity contribution in [2.24, 2.45) is 5.92 Å². The molecule has 1 aromatic carbocycles. The summed E-state index contributed by atoms with van der Waals surface area (Å²) in [5.41, 5.74) is 0. The van der Waals surface area contributed by atoms with Crippen molar-refractivity contribution in [3.8, 4) is 11.5 Å². The van der Waals surface area contributed by atoms with Crippen LogP contribution in [0.4, 0.5) is 0 Å². The van der Waals surface area contributed by atoms with Crippen LogP contribution in [0.15, 0.2) is 24.3 Å². The molecule has 0 spiro atoms. The Labute approximate surface area is 129 Å². The predicted molar refractivity (Wildman–Crippen MR) is 80.0 cm³/mol. The van der Waals surface area contributed by atoms with Gasteiger partial charge >= 0.3 is 5.97 Å². The summed E-state index contributed by atoms with van der Waals surface area (Å²) in [4.78, 5) is 22.9. The Kier molecular flexibility index (Phi) is 5.63. The number of carbonyl (C=O) groups excluding carboxylic acids is 1. The van der Waals surface area contributed by atoms with Crippen LogP contribution in [0.1, 0.15) is 26.2 Å². The van der Waals surface area contributed by atoms with Gasteiger partial charge in [-0.15, -0.1) is 0 Å². The third-order valence-corrected chi connectivity index (χ3v) is 3.40. The van der Waals surface area contributed by atoms with Crippen LogP contribution in [0.2, 0.25) is 0 Å². The highest BCUT2D eigenvalue weighted by molar-refractivity contribution is 5.84. The van der Waals surface area contributed by atoms with E-state index in [-0.39, 0.29) is 6.61 Å². The first-order chi connectivity index (χ1) is 10.6. The zero-order chi connectivity index (χ0) is 15.9. The molecule has 22 heavy (non-hydrogen) atoms. The normalized spacial score (nSPS) is 15.0. The molecule has 2 N–H and O–H groups in total. The summed E-state index contributed by atoms with van der Waals surface area (Å²) in [6, 6.07) is 6.09. The summed E-state index contributed by atoms with van der Waals surface area (Å²) in [6.07, 6.45) is 2.58. The number of aliphatic carboxylic acids is 1. The van der Waals surface area contributed by atoms with E-state index in [4.69, 9.17) is 14.6 Å².